The van der Waals surface area contributed by atoms with Gasteiger partial charge in [-0.3, -0.25) is 0 Å². The minimum absolute atomic E-state index is 0.859. The predicted molar refractivity (Wildman–Crippen MR) is 177 cm³/mol. The van der Waals surface area contributed by atoms with E-state index in [1.54, 1.807) is 6.26 Å². The third-order valence-electron chi connectivity index (χ3n) is 8.95. The molecule has 0 aliphatic carbocycles. The van der Waals surface area contributed by atoms with Crippen molar-refractivity contribution in [2.45, 2.75) is 0 Å². The minimum Gasteiger partial charge on any atom is -0.464 e. The highest BCUT2D eigenvalue weighted by molar-refractivity contribution is 6.27. The lowest BCUT2D eigenvalue weighted by Crippen LogP contribution is -1.91. The molecule has 0 atom stereocenters. The molecule has 7 aromatic carbocycles. The standard InChI is InChI=1S/C40H22O3/c1-3-12-28-26(10-1)37(23-17-18-25-24-9-5-7-15-33(24)42-35(25)21-23)27-11-2-4-13-29(27)38(28)32-22-36-39(31-19-20-41-40(31)32)30-14-6-8-16-34(30)43-36/h1-22H. The van der Waals surface area contributed by atoms with E-state index in [-0.39, 0.29) is 0 Å². The molecule has 0 saturated heterocycles. The van der Waals surface area contributed by atoms with Gasteiger partial charge in [0.2, 0.25) is 0 Å². The Morgan fingerprint density at radius 2 is 0.930 bits per heavy atom. The maximum atomic E-state index is 6.42. The van der Waals surface area contributed by atoms with Gasteiger partial charge in [-0.25, -0.2) is 0 Å². The van der Waals surface area contributed by atoms with Crippen molar-refractivity contribution in [3.8, 4) is 22.3 Å². The van der Waals surface area contributed by atoms with Crippen molar-refractivity contribution in [1.29, 1.82) is 0 Å². The van der Waals surface area contributed by atoms with Gasteiger partial charge in [-0.1, -0.05) is 91.0 Å². The molecule has 3 nitrogen and oxygen atoms in total. The van der Waals surface area contributed by atoms with Crippen LogP contribution in [0.3, 0.4) is 0 Å². The van der Waals surface area contributed by atoms with Crippen LogP contribution < -0.4 is 0 Å². The lowest BCUT2D eigenvalue weighted by Gasteiger charge is -2.18. The maximum Gasteiger partial charge on any atom is 0.142 e. The van der Waals surface area contributed by atoms with Crippen LogP contribution in [-0.2, 0) is 0 Å². The molecule has 0 aliphatic heterocycles. The summed E-state index contributed by atoms with van der Waals surface area (Å²) in [6, 6.07) is 44.6. The molecule has 0 bridgehead atoms. The third kappa shape index (κ3) is 3.08. The first kappa shape index (κ1) is 22.8. The van der Waals surface area contributed by atoms with E-state index in [1.807, 2.05) is 24.3 Å². The second-order valence-electron chi connectivity index (χ2n) is 11.2. The average Bonchev–Trinajstić information content (AvgIpc) is 3.78. The highest BCUT2D eigenvalue weighted by Gasteiger charge is 2.22. The molecular weight excluding hydrogens is 528 g/mol. The van der Waals surface area contributed by atoms with Crippen LogP contribution in [-0.4, -0.2) is 0 Å². The van der Waals surface area contributed by atoms with Gasteiger partial charge in [0.15, 0.2) is 0 Å². The molecular formula is C40H22O3. The molecule has 0 unspecified atom stereocenters. The average molecular weight is 551 g/mol. The van der Waals surface area contributed by atoms with Crippen LogP contribution in [0.1, 0.15) is 0 Å². The normalized spacial score (nSPS) is 12.2. The van der Waals surface area contributed by atoms with Crippen LogP contribution in [0.5, 0.6) is 0 Å². The third-order valence-corrected chi connectivity index (χ3v) is 8.95. The van der Waals surface area contributed by atoms with Gasteiger partial charge in [-0.2, -0.15) is 0 Å². The summed E-state index contributed by atoms with van der Waals surface area (Å²) in [6.07, 6.45) is 1.79. The smallest absolute Gasteiger partial charge is 0.142 e. The Hall–Kier alpha value is -5.80. The van der Waals surface area contributed by atoms with Crippen molar-refractivity contribution in [3.63, 3.8) is 0 Å². The van der Waals surface area contributed by atoms with Crippen molar-refractivity contribution in [1.82, 2.24) is 0 Å². The SMILES string of the molecule is c1ccc2c(c1)oc1cc(-c3c4ccccc4c(-c4cc5oc6ccccc6c5c5ccoc45)c4ccccc34)ccc12. The summed E-state index contributed by atoms with van der Waals surface area (Å²) in [7, 11) is 0. The number of benzene rings is 7. The van der Waals surface area contributed by atoms with Gasteiger partial charge in [0.25, 0.3) is 0 Å². The molecule has 0 saturated carbocycles. The fraction of sp³-hybridized carbons (Fsp3) is 0. The number of hydrogen-bond acceptors (Lipinski definition) is 3. The largest absolute Gasteiger partial charge is 0.464 e. The molecule has 10 rings (SSSR count). The Kier molecular flexibility index (Phi) is 4.45. The number of fused-ring (bicyclic) bond motifs is 10. The molecule has 3 aromatic heterocycles. The van der Waals surface area contributed by atoms with Gasteiger partial charge < -0.3 is 13.3 Å². The molecule has 43 heavy (non-hydrogen) atoms. The zero-order valence-corrected chi connectivity index (χ0v) is 22.9. The van der Waals surface area contributed by atoms with E-state index in [0.29, 0.717) is 0 Å². The summed E-state index contributed by atoms with van der Waals surface area (Å²) in [5, 5.41) is 10.2. The summed E-state index contributed by atoms with van der Waals surface area (Å²) >= 11 is 0. The Morgan fingerprint density at radius 1 is 0.372 bits per heavy atom. The molecule has 200 valence electrons. The molecule has 10 aromatic rings. The van der Waals surface area contributed by atoms with Gasteiger partial charge in [0.1, 0.15) is 27.9 Å². The summed E-state index contributed by atoms with van der Waals surface area (Å²) < 4.78 is 19.0. The van der Waals surface area contributed by atoms with Crippen LogP contribution >= 0.6 is 0 Å². The lowest BCUT2D eigenvalue weighted by atomic mass is 9.85. The van der Waals surface area contributed by atoms with Gasteiger partial charge in [-0.05, 0) is 69.1 Å². The maximum absolute atomic E-state index is 6.42. The van der Waals surface area contributed by atoms with E-state index in [4.69, 9.17) is 13.3 Å². The first-order valence-electron chi connectivity index (χ1n) is 14.5. The molecule has 0 spiro atoms. The van der Waals surface area contributed by atoms with E-state index >= 15 is 0 Å². The van der Waals surface area contributed by atoms with E-state index in [0.717, 1.165) is 82.3 Å². The number of furan rings is 3. The zero-order valence-electron chi connectivity index (χ0n) is 22.9. The molecule has 3 heterocycles. The second kappa shape index (κ2) is 8.37. The van der Waals surface area contributed by atoms with Crippen LogP contribution in [0.15, 0.2) is 147 Å². The Labute approximate surface area is 245 Å². The van der Waals surface area contributed by atoms with Crippen LogP contribution in [0.4, 0.5) is 0 Å². The fourth-order valence-corrected chi connectivity index (χ4v) is 7.15. The first-order valence-corrected chi connectivity index (χ1v) is 14.5. The Morgan fingerprint density at radius 3 is 1.65 bits per heavy atom. The number of rotatable bonds is 2. The number of para-hydroxylation sites is 2. The molecule has 0 radical (unpaired) electrons. The topological polar surface area (TPSA) is 39.4 Å². The minimum atomic E-state index is 0.859. The van der Waals surface area contributed by atoms with E-state index in [1.165, 1.54) is 16.3 Å². The van der Waals surface area contributed by atoms with Gasteiger partial charge in [0, 0.05) is 38.1 Å². The van der Waals surface area contributed by atoms with Gasteiger partial charge in [-0.15, -0.1) is 0 Å². The van der Waals surface area contributed by atoms with Crippen molar-refractivity contribution >= 4 is 76.4 Å². The molecule has 0 N–H and O–H groups in total. The van der Waals surface area contributed by atoms with E-state index in [2.05, 4.69) is 103 Å². The lowest BCUT2D eigenvalue weighted by molar-refractivity contribution is 0.616. The van der Waals surface area contributed by atoms with Crippen LogP contribution in [0.2, 0.25) is 0 Å². The fourth-order valence-electron chi connectivity index (χ4n) is 7.15. The summed E-state index contributed by atoms with van der Waals surface area (Å²) in [5.74, 6) is 0. The summed E-state index contributed by atoms with van der Waals surface area (Å²) in [5.41, 5.74) is 8.89. The monoisotopic (exact) mass is 550 g/mol. The highest BCUT2D eigenvalue weighted by Crippen LogP contribution is 2.48. The van der Waals surface area contributed by atoms with Crippen molar-refractivity contribution in [2.24, 2.45) is 0 Å². The Balaban J connectivity index is 1.33. The van der Waals surface area contributed by atoms with Crippen LogP contribution in [0, 0.1) is 0 Å². The second-order valence-corrected chi connectivity index (χ2v) is 11.2. The Bertz CT molecular complexity index is 2680. The summed E-state index contributed by atoms with van der Waals surface area (Å²) in [6.45, 7) is 0. The molecule has 0 fully saturated rings. The highest BCUT2D eigenvalue weighted by atomic mass is 16.3. The molecule has 3 heteroatoms. The van der Waals surface area contributed by atoms with Crippen molar-refractivity contribution < 1.29 is 13.3 Å². The van der Waals surface area contributed by atoms with Gasteiger partial charge >= 0.3 is 0 Å². The van der Waals surface area contributed by atoms with Crippen LogP contribution in [0.25, 0.3) is 98.6 Å². The molecule has 0 aliphatic rings. The molecule has 0 amide bonds. The predicted octanol–water partition coefficient (Wildman–Crippen LogP) is 11.9. The van der Waals surface area contributed by atoms with Crippen molar-refractivity contribution in [2.75, 3.05) is 0 Å². The first-order chi connectivity index (χ1) is 21.3. The number of hydrogen-bond donors (Lipinski definition) is 0. The van der Waals surface area contributed by atoms with E-state index in [9.17, 15) is 0 Å². The summed E-state index contributed by atoms with van der Waals surface area (Å²) in [4.78, 5) is 0. The van der Waals surface area contributed by atoms with Gasteiger partial charge in [0.05, 0.1) is 6.26 Å². The quantitative estimate of drug-likeness (QED) is 0.201. The van der Waals surface area contributed by atoms with E-state index < -0.39 is 0 Å². The van der Waals surface area contributed by atoms with Crippen molar-refractivity contribution in [3.05, 3.63) is 134 Å². The zero-order chi connectivity index (χ0) is 28.1.